The number of amides is 1. The Morgan fingerprint density at radius 2 is 1.83 bits per heavy atom. The number of fused-ring (bicyclic) bond motifs is 2. The molecule has 0 unspecified atom stereocenters. The maximum Gasteiger partial charge on any atom is 0.254 e. The van der Waals surface area contributed by atoms with E-state index in [1.807, 2.05) is 41.3 Å². The van der Waals surface area contributed by atoms with E-state index in [1.165, 1.54) is 0 Å². The molecule has 1 aromatic heterocycles. The Morgan fingerprint density at radius 1 is 1.14 bits per heavy atom. The van der Waals surface area contributed by atoms with E-state index in [-0.39, 0.29) is 22.3 Å². The van der Waals surface area contributed by atoms with Crippen molar-refractivity contribution in [2.75, 3.05) is 13.1 Å². The highest BCUT2D eigenvalue weighted by Gasteiger charge is 2.44. The SMILES string of the molecule is CC(C)(C)c1nc2c(c(=O)[nH]1)CCC21CCN(C(=O)C=Cc2ccccc2)CC1. The Kier molecular flexibility index (Phi) is 4.93. The lowest BCUT2D eigenvalue weighted by Crippen LogP contribution is -2.44. The molecule has 1 fully saturated rings. The summed E-state index contributed by atoms with van der Waals surface area (Å²) in [6.07, 6.45) is 7.00. The molecule has 1 spiro atoms. The van der Waals surface area contributed by atoms with Crippen molar-refractivity contribution >= 4 is 12.0 Å². The third kappa shape index (κ3) is 3.78. The highest BCUT2D eigenvalue weighted by Crippen LogP contribution is 2.44. The summed E-state index contributed by atoms with van der Waals surface area (Å²) < 4.78 is 0. The van der Waals surface area contributed by atoms with Crippen molar-refractivity contribution in [3.63, 3.8) is 0 Å². The summed E-state index contributed by atoms with van der Waals surface area (Å²) in [6, 6.07) is 9.87. The molecule has 2 heterocycles. The Morgan fingerprint density at radius 3 is 2.48 bits per heavy atom. The van der Waals surface area contributed by atoms with Crippen molar-refractivity contribution in [2.45, 2.75) is 57.3 Å². The molecule has 0 radical (unpaired) electrons. The first-order chi connectivity index (χ1) is 13.8. The number of piperidine rings is 1. The fraction of sp³-hybridized carbons (Fsp3) is 0.458. The van der Waals surface area contributed by atoms with Crippen LogP contribution >= 0.6 is 0 Å². The molecule has 4 rings (SSSR count). The average molecular weight is 392 g/mol. The number of likely N-dealkylation sites (tertiary alicyclic amines) is 1. The monoisotopic (exact) mass is 391 g/mol. The van der Waals surface area contributed by atoms with Crippen molar-refractivity contribution in [1.82, 2.24) is 14.9 Å². The molecule has 1 N–H and O–H groups in total. The molecule has 1 aliphatic carbocycles. The van der Waals surface area contributed by atoms with Crippen LogP contribution in [-0.4, -0.2) is 33.9 Å². The van der Waals surface area contributed by atoms with Crippen LogP contribution in [0.2, 0.25) is 0 Å². The zero-order valence-corrected chi connectivity index (χ0v) is 17.5. The van der Waals surface area contributed by atoms with E-state index in [2.05, 4.69) is 25.8 Å². The number of nitrogens with zero attached hydrogens (tertiary/aromatic N) is 2. The van der Waals surface area contributed by atoms with E-state index in [9.17, 15) is 9.59 Å². The Bertz CT molecular complexity index is 991. The minimum atomic E-state index is -0.198. The maximum atomic E-state index is 12.6. The van der Waals surface area contributed by atoms with Crippen LogP contribution in [0.3, 0.4) is 0 Å². The average Bonchev–Trinajstić information content (AvgIpc) is 3.05. The molecule has 2 aromatic rings. The van der Waals surface area contributed by atoms with Gasteiger partial charge in [-0.2, -0.15) is 0 Å². The Hall–Kier alpha value is -2.69. The van der Waals surface area contributed by atoms with Crippen LogP contribution in [0.25, 0.3) is 6.08 Å². The van der Waals surface area contributed by atoms with Gasteiger partial charge in [-0.3, -0.25) is 9.59 Å². The van der Waals surface area contributed by atoms with Gasteiger partial charge in [-0.05, 0) is 37.3 Å². The van der Waals surface area contributed by atoms with Gasteiger partial charge in [-0.25, -0.2) is 4.98 Å². The van der Waals surface area contributed by atoms with Crippen molar-refractivity contribution in [3.8, 4) is 0 Å². The van der Waals surface area contributed by atoms with Crippen molar-refractivity contribution in [1.29, 1.82) is 0 Å². The van der Waals surface area contributed by atoms with Gasteiger partial charge in [0.05, 0.1) is 5.69 Å². The van der Waals surface area contributed by atoms with Crippen LogP contribution in [-0.2, 0) is 22.0 Å². The van der Waals surface area contributed by atoms with Gasteiger partial charge in [0, 0.05) is 35.6 Å². The molecule has 1 aliphatic heterocycles. The lowest BCUT2D eigenvalue weighted by Gasteiger charge is -2.39. The molecule has 152 valence electrons. The zero-order chi connectivity index (χ0) is 20.6. The maximum absolute atomic E-state index is 12.6. The predicted molar refractivity (Wildman–Crippen MR) is 115 cm³/mol. The Balaban J connectivity index is 1.51. The number of carbonyl (C=O) groups is 1. The lowest BCUT2D eigenvalue weighted by atomic mass is 9.76. The second-order valence-corrected chi connectivity index (χ2v) is 9.34. The van der Waals surface area contributed by atoms with Gasteiger partial charge in [-0.1, -0.05) is 51.1 Å². The largest absolute Gasteiger partial charge is 0.339 e. The number of hydrogen-bond acceptors (Lipinski definition) is 3. The van der Waals surface area contributed by atoms with Gasteiger partial charge >= 0.3 is 0 Å². The molecule has 2 aliphatic rings. The minimum absolute atomic E-state index is 0.0149. The zero-order valence-electron chi connectivity index (χ0n) is 17.5. The van der Waals surface area contributed by atoms with Gasteiger partial charge in [-0.15, -0.1) is 0 Å². The first-order valence-corrected chi connectivity index (χ1v) is 10.4. The van der Waals surface area contributed by atoms with E-state index in [0.29, 0.717) is 13.1 Å². The van der Waals surface area contributed by atoms with E-state index in [1.54, 1.807) is 6.08 Å². The van der Waals surface area contributed by atoms with Gasteiger partial charge < -0.3 is 9.88 Å². The molecule has 0 bridgehead atoms. The molecule has 5 nitrogen and oxygen atoms in total. The van der Waals surface area contributed by atoms with Crippen LogP contribution in [0.4, 0.5) is 0 Å². The molecule has 1 saturated heterocycles. The van der Waals surface area contributed by atoms with E-state index in [4.69, 9.17) is 4.98 Å². The topological polar surface area (TPSA) is 66.1 Å². The molecule has 1 amide bonds. The second kappa shape index (κ2) is 7.29. The first-order valence-electron chi connectivity index (χ1n) is 10.4. The van der Waals surface area contributed by atoms with Gasteiger partial charge in [0.2, 0.25) is 5.91 Å². The molecule has 0 atom stereocenters. The number of rotatable bonds is 2. The molecule has 1 aromatic carbocycles. The third-order valence-electron chi connectivity index (χ3n) is 6.33. The normalized spacial score (nSPS) is 18.4. The molecular formula is C24H29N3O2. The fourth-order valence-electron chi connectivity index (χ4n) is 4.49. The summed E-state index contributed by atoms with van der Waals surface area (Å²) in [5.41, 5.74) is 2.61. The van der Waals surface area contributed by atoms with Crippen LogP contribution in [0.1, 0.15) is 62.7 Å². The standard InChI is InChI=1S/C24H29N3O2/c1-23(2,3)22-25-20-18(21(29)26-22)11-12-24(20)13-15-27(16-14-24)19(28)10-9-17-7-5-4-6-8-17/h4-10H,11-16H2,1-3H3,(H,25,26,29). The van der Waals surface area contributed by atoms with Crippen LogP contribution in [0.5, 0.6) is 0 Å². The number of hydrogen-bond donors (Lipinski definition) is 1. The van der Waals surface area contributed by atoms with Crippen LogP contribution in [0, 0.1) is 0 Å². The van der Waals surface area contributed by atoms with E-state index < -0.39 is 0 Å². The van der Waals surface area contributed by atoms with Crippen molar-refractivity contribution < 1.29 is 4.79 Å². The van der Waals surface area contributed by atoms with Crippen molar-refractivity contribution in [2.24, 2.45) is 0 Å². The summed E-state index contributed by atoms with van der Waals surface area (Å²) in [4.78, 5) is 35.1. The molecule has 0 saturated carbocycles. The summed E-state index contributed by atoms with van der Waals surface area (Å²) in [5, 5.41) is 0. The Labute approximate surface area is 171 Å². The third-order valence-corrected chi connectivity index (χ3v) is 6.33. The quantitative estimate of drug-likeness (QED) is 0.796. The lowest BCUT2D eigenvalue weighted by molar-refractivity contribution is -0.127. The van der Waals surface area contributed by atoms with Crippen molar-refractivity contribution in [3.05, 3.63) is 69.4 Å². The van der Waals surface area contributed by atoms with Crippen LogP contribution in [0.15, 0.2) is 41.2 Å². The van der Waals surface area contributed by atoms with Crippen LogP contribution < -0.4 is 5.56 Å². The highest BCUT2D eigenvalue weighted by molar-refractivity contribution is 5.91. The van der Waals surface area contributed by atoms with Gasteiger partial charge in [0.25, 0.3) is 5.56 Å². The second-order valence-electron chi connectivity index (χ2n) is 9.34. The smallest absolute Gasteiger partial charge is 0.254 e. The number of aromatic nitrogens is 2. The molecular weight excluding hydrogens is 362 g/mol. The van der Waals surface area contributed by atoms with E-state index in [0.717, 1.165) is 48.3 Å². The number of nitrogens with one attached hydrogen (secondary N) is 1. The summed E-state index contributed by atoms with van der Waals surface area (Å²) >= 11 is 0. The highest BCUT2D eigenvalue weighted by atomic mass is 16.2. The number of carbonyl (C=O) groups excluding carboxylic acids is 1. The number of H-pyrrole nitrogens is 1. The number of benzene rings is 1. The molecule has 29 heavy (non-hydrogen) atoms. The molecule has 5 heteroatoms. The summed E-state index contributed by atoms with van der Waals surface area (Å²) in [5.74, 6) is 0.808. The number of aromatic amines is 1. The summed E-state index contributed by atoms with van der Waals surface area (Å²) in [7, 11) is 0. The van der Waals surface area contributed by atoms with E-state index >= 15 is 0 Å². The minimum Gasteiger partial charge on any atom is -0.339 e. The van der Waals surface area contributed by atoms with Gasteiger partial charge in [0.1, 0.15) is 5.82 Å². The fourth-order valence-corrected chi connectivity index (χ4v) is 4.49. The predicted octanol–water partition coefficient (Wildman–Crippen LogP) is 3.59. The van der Waals surface area contributed by atoms with Gasteiger partial charge in [0.15, 0.2) is 0 Å². The first kappa shape index (κ1) is 19.6. The summed E-state index contributed by atoms with van der Waals surface area (Å²) in [6.45, 7) is 7.62.